The van der Waals surface area contributed by atoms with E-state index in [0.29, 0.717) is 0 Å². The van der Waals surface area contributed by atoms with Crippen molar-refractivity contribution in [3.8, 4) is 0 Å². The molecule has 19 heavy (non-hydrogen) atoms. The van der Waals surface area contributed by atoms with E-state index in [1.165, 1.54) is 9.75 Å². The number of hydrogen-bond donors (Lipinski definition) is 1. The normalized spacial score (nSPS) is 12.8. The Morgan fingerprint density at radius 1 is 1.16 bits per heavy atom. The molecule has 0 spiro atoms. The van der Waals surface area contributed by atoms with Gasteiger partial charge in [0.05, 0.1) is 6.04 Å². The van der Waals surface area contributed by atoms with Gasteiger partial charge >= 0.3 is 0 Å². The largest absolute Gasteiger partial charge is 0.361 e. The lowest BCUT2D eigenvalue weighted by Gasteiger charge is -2.12. The molecular weight excluding hydrogens is 258 g/mol. The molecule has 3 aromatic heterocycles. The van der Waals surface area contributed by atoms with Crippen molar-refractivity contribution < 1.29 is 0 Å². The molecule has 3 rings (SSSR count). The monoisotopic (exact) mass is 273 g/mol. The molecular formula is C13H15N5S. The molecule has 0 amide bonds. The minimum Gasteiger partial charge on any atom is -0.361 e. The molecule has 3 heterocycles. The number of rotatable bonds is 3. The molecule has 0 saturated carbocycles. The topological polar surface area (TPSA) is 55.1 Å². The molecule has 98 valence electrons. The van der Waals surface area contributed by atoms with Crippen LogP contribution in [0.4, 0.5) is 5.82 Å². The molecule has 0 aromatic carbocycles. The molecule has 0 saturated heterocycles. The number of aryl methyl sites for hydroxylation is 2. The van der Waals surface area contributed by atoms with Crippen LogP contribution < -0.4 is 5.32 Å². The van der Waals surface area contributed by atoms with Crippen molar-refractivity contribution in [2.45, 2.75) is 26.8 Å². The number of hydrogen-bond acceptors (Lipinski definition) is 5. The Morgan fingerprint density at radius 2 is 2.00 bits per heavy atom. The summed E-state index contributed by atoms with van der Waals surface area (Å²) in [6, 6.07) is 8.38. The van der Waals surface area contributed by atoms with E-state index in [0.717, 1.165) is 17.3 Å². The van der Waals surface area contributed by atoms with Crippen molar-refractivity contribution in [2.24, 2.45) is 0 Å². The van der Waals surface area contributed by atoms with Crippen LogP contribution in [0.5, 0.6) is 0 Å². The van der Waals surface area contributed by atoms with E-state index in [1.807, 2.05) is 19.1 Å². The summed E-state index contributed by atoms with van der Waals surface area (Å²) >= 11 is 1.80. The first kappa shape index (κ1) is 12.1. The molecule has 0 radical (unpaired) electrons. The third-order valence-electron chi connectivity index (χ3n) is 2.97. The summed E-state index contributed by atoms with van der Waals surface area (Å²) in [6.45, 7) is 6.14. The molecule has 0 aliphatic carbocycles. The SMILES string of the molecule is Cc1ccc([C@H](C)Nc2ccc3nnc(C)n3n2)s1. The highest BCUT2D eigenvalue weighted by atomic mass is 32.1. The van der Waals surface area contributed by atoms with Crippen LogP contribution in [0.2, 0.25) is 0 Å². The fraction of sp³-hybridized carbons (Fsp3) is 0.308. The summed E-state index contributed by atoms with van der Waals surface area (Å²) < 4.78 is 1.74. The van der Waals surface area contributed by atoms with Gasteiger partial charge in [-0.25, -0.2) is 0 Å². The van der Waals surface area contributed by atoms with Gasteiger partial charge in [-0.05, 0) is 45.0 Å². The molecule has 0 fully saturated rings. The van der Waals surface area contributed by atoms with Gasteiger partial charge in [0.1, 0.15) is 5.82 Å². The first-order valence-corrected chi connectivity index (χ1v) is 6.97. The molecule has 5 nitrogen and oxygen atoms in total. The Morgan fingerprint density at radius 3 is 2.74 bits per heavy atom. The predicted octanol–water partition coefficient (Wildman–Crippen LogP) is 2.98. The van der Waals surface area contributed by atoms with Crippen LogP contribution in [-0.4, -0.2) is 19.8 Å². The van der Waals surface area contributed by atoms with E-state index in [4.69, 9.17) is 0 Å². The van der Waals surface area contributed by atoms with E-state index < -0.39 is 0 Å². The summed E-state index contributed by atoms with van der Waals surface area (Å²) in [5.74, 6) is 1.62. The summed E-state index contributed by atoms with van der Waals surface area (Å²) in [5, 5.41) is 15.9. The Bertz CT molecular complexity index is 715. The van der Waals surface area contributed by atoms with Crippen molar-refractivity contribution in [3.05, 3.63) is 39.8 Å². The Balaban J connectivity index is 1.86. The van der Waals surface area contributed by atoms with Gasteiger partial charge < -0.3 is 5.32 Å². The zero-order valence-corrected chi connectivity index (χ0v) is 11.9. The standard InChI is InChI=1S/C13H15N5S/c1-8-4-5-11(19-8)9(2)14-12-6-7-13-16-15-10(3)18(13)17-12/h4-7,9H,1-3H3,(H,14,17)/t9-/m0/s1. The van der Waals surface area contributed by atoms with Crippen LogP contribution in [0.1, 0.15) is 28.5 Å². The maximum Gasteiger partial charge on any atom is 0.178 e. The molecule has 3 aromatic rings. The number of fused-ring (bicyclic) bond motifs is 1. The van der Waals surface area contributed by atoms with Gasteiger partial charge in [-0.15, -0.1) is 26.6 Å². The second-order valence-corrected chi connectivity index (χ2v) is 5.87. The predicted molar refractivity (Wildman–Crippen MR) is 76.6 cm³/mol. The van der Waals surface area contributed by atoms with Crippen molar-refractivity contribution in [3.63, 3.8) is 0 Å². The molecule has 0 aliphatic heterocycles. The number of anilines is 1. The van der Waals surface area contributed by atoms with Crippen LogP contribution >= 0.6 is 11.3 Å². The molecule has 1 atom stereocenters. The second-order valence-electron chi connectivity index (χ2n) is 4.55. The highest BCUT2D eigenvalue weighted by Gasteiger charge is 2.09. The minimum atomic E-state index is 0.237. The first-order chi connectivity index (χ1) is 9.13. The lowest BCUT2D eigenvalue weighted by atomic mass is 10.2. The van der Waals surface area contributed by atoms with Crippen LogP contribution in [0.15, 0.2) is 24.3 Å². The number of aromatic nitrogens is 4. The van der Waals surface area contributed by atoms with E-state index in [1.54, 1.807) is 15.9 Å². The van der Waals surface area contributed by atoms with Gasteiger partial charge in [-0.2, -0.15) is 4.52 Å². The molecule has 6 heteroatoms. The van der Waals surface area contributed by atoms with Gasteiger partial charge in [-0.3, -0.25) is 0 Å². The zero-order chi connectivity index (χ0) is 13.4. The molecule has 0 bridgehead atoms. The van der Waals surface area contributed by atoms with E-state index >= 15 is 0 Å². The maximum atomic E-state index is 4.49. The van der Waals surface area contributed by atoms with Crippen LogP contribution in [0.25, 0.3) is 5.65 Å². The third-order valence-corrected chi connectivity index (χ3v) is 4.15. The van der Waals surface area contributed by atoms with Gasteiger partial charge in [0.2, 0.25) is 0 Å². The van der Waals surface area contributed by atoms with Crippen LogP contribution in [0.3, 0.4) is 0 Å². The van der Waals surface area contributed by atoms with Crippen LogP contribution in [-0.2, 0) is 0 Å². The lowest BCUT2D eigenvalue weighted by Crippen LogP contribution is -2.08. The highest BCUT2D eigenvalue weighted by molar-refractivity contribution is 7.12. The fourth-order valence-corrected chi connectivity index (χ4v) is 2.83. The van der Waals surface area contributed by atoms with Crippen molar-refractivity contribution in [1.29, 1.82) is 0 Å². The number of nitrogens with zero attached hydrogens (tertiary/aromatic N) is 4. The molecule has 0 aliphatic rings. The average molecular weight is 273 g/mol. The Labute approximate surface area is 115 Å². The highest BCUT2D eigenvalue weighted by Crippen LogP contribution is 2.25. The summed E-state index contributed by atoms with van der Waals surface area (Å²) in [4.78, 5) is 2.63. The maximum absolute atomic E-state index is 4.49. The Kier molecular flexibility index (Phi) is 2.94. The minimum absolute atomic E-state index is 0.237. The van der Waals surface area contributed by atoms with E-state index in [9.17, 15) is 0 Å². The number of thiophene rings is 1. The quantitative estimate of drug-likeness (QED) is 0.797. The lowest BCUT2D eigenvalue weighted by molar-refractivity contribution is 0.838. The van der Waals surface area contributed by atoms with Gasteiger partial charge in [-0.1, -0.05) is 0 Å². The van der Waals surface area contributed by atoms with E-state index in [2.05, 4.69) is 46.6 Å². The smallest absolute Gasteiger partial charge is 0.178 e. The summed E-state index contributed by atoms with van der Waals surface area (Å²) in [7, 11) is 0. The summed E-state index contributed by atoms with van der Waals surface area (Å²) in [5.41, 5.74) is 0.766. The molecule has 1 N–H and O–H groups in total. The summed E-state index contributed by atoms with van der Waals surface area (Å²) in [6.07, 6.45) is 0. The van der Waals surface area contributed by atoms with Gasteiger partial charge in [0.25, 0.3) is 0 Å². The van der Waals surface area contributed by atoms with E-state index in [-0.39, 0.29) is 6.04 Å². The van der Waals surface area contributed by atoms with Crippen molar-refractivity contribution >= 4 is 22.8 Å². The second kappa shape index (κ2) is 4.62. The molecule has 0 unspecified atom stereocenters. The van der Waals surface area contributed by atoms with Gasteiger partial charge in [0.15, 0.2) is 11.5 Å². The fourth-order valence-electron chi connectivity index (χ4n) is 1.95. The number of nitrogens with one attached hydrogen (secondary N) is 1. The zero-order valence-electron chi connectivity index (χ0n) is 11.1. The first-order valence-electron chi connectivity index (χ1n) is 6.15. The third kappa shape index (κ3) is 2.31. The Hall–Kier alpha value is -1.95. The van der Waals surface area contributed by atoms with Gasteiger partial charge in [0, 0.05) is 9.75 Å². The van der Waals surface area contributed by atoms with Crippen molar-refractivity contribution in [1.82, 2.24) is 19.8 Å². The van der Waals surface area contributed by atoms with Crippen molar-refractivity contribution in [2.75, 3.05) is 5.32 Å². The average Bonchev–Trinajstić information content (AvgIpc) is 2.97. The van der Waals surface area contributed by atoms with Crippen LogP contribution in [0, 0.1) is 13.8 Å².